The van der Waals surface area contributed by atoms with Crippen molar-refractivity contribution >= 4 is 10.1 Å². The Kier molecular flexibility index (Phi) is 10.3. The molecule has 138 valence electrons. The van der Waals surface area contributed by atoms with Gasteiger partial charge in [-0.1, -0.05) is 76.5 Å². The molecule has 0 bridgehead atoms. The molecule has 3 nitrogen and oxygen atoms in total. The number of rotatable bonds is 13. The molecule has 0 aromatic heterocycles. The van der Waals surface area contributed by atoms with Gasteiger partial charge in [0.2, 0.25) is 0 Å². The average molecular weight is 355 g/mol. The smallest absolute Gasteiger partial charge is 0.266 e. The van der Waals surface area contributed by atoms with Crippen LogP contribution in [-0.4, -0.2) is 15.0 Å². The van der Waals surface area contributed by atoms with Gasteiger partial charge in [0.15, 0.2) is 0 Å². The normalized spacial score (nSPS) is 13.1. The van der Waals surface area contributed by atoms with Crippen LogP contribution in [-0.2, 0) is 14.3 Å². The van der Waals surface area contributed by atoms with Crippen molar-refractivity contribution in [1.82, 2.24) is 0 Å². The minimum atomic E-state index is -3.60. The minimum Gasteiger partial charge on any atom is -0.266 e. The molecule has 24 heavy (non-hydrogen) atoms. The van der Waals surface area contributed by atoms with E-state index in [1.807, 2.05) is 6.92 Å². The highest BCUT2D eigenvalue weighted by Crippen LogP contribution is 2.18. The molecule has 1 aromatic carbocycles. The van der Waals surface area contributed by atoms with Crippen molar-refractivity contribution in [2.24, 2.45) is 5.92 Å². The van der Waals surface area contributed by atoms with Gasteiger partial charge in [-0.05, 0) is 37.8 Å². The highest BCUT2D eigenvalue weighted by molar-refractivity contribution is 7.86. The molecule has 4 heteroatoms. The van der Waals surface area contributed by atoms with Crippen molar-refractivity contribution < 1.29 is 12.6 Å². The summed E-state index contributed by atoms with van der Waals surface area (Å²) in [4.78, 5) is 0.244. The lowest BCUT2D eigenvalue weighted by molar-refractivity contribution is 0.293. The molecule has 0 N–H and O–H groups in total. The minimum absolute atomic E-state index is 0.244. The Morgan fingerprint density at radius 3 is 2.17 bits per heavy atom. The van der Waals surface area contributed by atoms with Crippen LogP contribution in [0.15, 0.2) is 29.2 Å². The van der Waals surface area contributed by atoms with E-state index in [1.54, 1.807) is 24.3 Å². The van der Waals surface area contributed by atoms with E-state index >= 15 is 0 Å². The fourth-order valence-corrected chi connectivity index (χ4v) is 3.73. The van der Waals surface area contributed by atoms with Gasteiger partial charge in [-0.3, -0.25) is 4.18 Å². The van der Waals surface area contributed by atoms with E-state index in [0.717, 1.165) is 18.4 Å². The first-order valence-corrected chi connectivity index (χ1v) is 10.8. The zero-order valence-corrected chi connectivity index (χ0v) is 16.4. The molecule has 0 saturated carbocycles. The average Bonchev–Trinajstić information content (AvgIpc) is 2.55. The molecule has 0 aliphatic rings. The van der Waals surface area contributed by atoms with Crippen LogP contribution >= 0.6 is 0 Å². The fraction of sp³-hybridized carbons (Fsp3) is 0.700. The SMILES string of the molecule is CCCCCCCCC(C)CCCOS(=O)(=O)c1ccc(C)cc1. The van der Waals surface area contributed by atoms with Crippen LogP contribution in [0.4, 0.5) is 0 Å². The van der Waals surface area contributed by atoms with Crippen molar-refractivity contribution in [3.8, 4) is 0 Å². The number of unbranched alkanes of at least 4 members (excludes halogenated alkanes) is 5. The lowest BCUT2D eigenvalue weighted by atomic mass is 9.98. The Bertz CT molecular complexity index is 535. The fourth-order valence-electron chi connectivity index (χ4n) is 2.79. The molecule has 0 aliphatic carbocycles. The lowest BCUT2D eigenvalue weighted by Crippen LogP contribution is -2.08. The third-order valence-corrected chi connectivity index (χ3v) is 5.77. The topological polar surface area (TPSA) is 43.4 Å². The van der Waals surface area contributed by atoms with Gasteiger partial charge in [0.05, 0.1) is 11.5 Å². The van der Waals surface area contributed by atoms with Gasteiger partial charge in [0.25, 0.3) is 10.1 Å². The van der Waals surface area contributed by atoms with E-state index in [2.05, 4.69) is 13.8 Å². The summed E-state index contributed by atoms with van der Waals surface area (Å²) in [6, 6.07) is 6.79. The first kappa shape index (κ1) is 21.2. The van der Waals surface area contributed by atoms with Crippen LogP contribution in [0, 0.1) is 12.8 Å². The number of hydrogen-bond acceptors (Lipinski definition) is 3. The molecule has 0 aliphatic heterocycles. The molecule has 0 spiro atoms. The molecule has 0 fully saturated rings. The quantitative estimate of drug-likeness (QED) is 0.329. The summed E-state index contributed by atoms with van der Waals surface area (Å²) >= 11 is 0. The zero-order chi connectivity index (χ0) is 17.8. The van der Waals surface area contributed by atoms with Crippen LogP contribution < -0.4 is 0 Å². The summed E-state index contributed by atoms with van der Waals surface area (Å²) in [6.45, 7) is 6.70. The first-order chi connectivity index (χ1) is 11.5. The zero-order valence-electron chi connectivity index (χ0n) is 15.6. The Balaban J connectivity index is 2.15. The first-order valence-electron chi connectivity index (χ1n) is 9.42. The van der Waals surface area contributed by atoms with Crippen molar-refractivity contribution in [2.45, 2.75) is 83.5 Å². The standard InChI is InChI=1S/C20H34O3S/c1-4-5-6-7-8-9-11-18(2)12-10-17-23-24(21,22)20-15-13-19(3)14-16-20/h13-16,18H,4-12,17H2,1-3H3. The van der Waals surface area contributed by atoms with Crippen molar-refractivity contribution in [2.75, 3.05) is 6.61 Å². The van der Waals surface area contributed by atoms with Gasteiger partial charge in [-0.15, -0.1) is 0 Å². The lowest BCUT2D eigenvalue weighted by Gasteiger charge is -2.11. The molecular formula is C20H34O3S. The molecule has 0 saturated heterocycles. The summed E-state index contributed by atoms with van der Waals surface area (Å²) in [5.74, 6) is 0.641. The van der Waals surface area contributed by atoms with Gasteiger partial charge >= 0.3 is 0 Å². The van der Waals surface area contributed by atoms with E-state index in [4.69, 9.17) is 4.18 Å². The molecule has 1 rings (SSSR count). The second-order valence-electron chi connectivity index (χ2n) is 6.89. The Hall–Kier alpha value is -0.870. The van der Waals surface area contributed by atoms with E-state index in [0.29, 0.717) is 5.92 Å². The van der Waals surface area contributed by atoms with Crippen LogP contribution in [0.25, 0.3) is 0 Å². The highest BCUT2D eigenvalue weighted by atomic mass is 32.2. The van der Waals surface area contributed by atoms with Crippen molar-refractivity contribution in [3.05, 3.63) is 29.8 Å². The molecule has 1 unspecified atom stereocenters. The van der Waals surface area contributed by atoms with Crippen LogP contribution in [0.1, 0.15) is 77.2 Å². The molecule has 0 heterocycles. The Morgan fingerprint density at radius 1 is 0.917 bits per heavy atom. The van der Waals surface area contributed by atoms with Crippen LogP contribution in [0.5, 0.6) is 0 Å². The van der Waals surface area contributed by atoms with E-state index < -0.39 is 10.1 Å². The number of hydrogen-bond donors (Lipinski definition) is 0. The second kappa shape index (κ2) is 11.6. The maximum atomic E-state index is 12.1. The predicted octanol–water partition coefficient (Wildman–Crippen LogP) is 5.87. The predicted molar refractivity (Wildman–Crippen MR) is 101 cm³/mol. The maximum Gasteiger partial charge on any atom is 0.296 e. The van der Waals surface area contributed by atoms with Gasteiger partial charge in [0.1, 0.15) is 0 Å². The Labute approximate surface area is 148 Å². The molecule has 1 atom stereocenters. The summed E-state index contributed by atoms with van der Waals surface area (Å²) in [7, 11) is -3.60. The second-order valence-corrected chi connectivity index (χ2v) is 8.51. The van der Waals surface area contributed by atoms with Crippen molar-refractivity contribution in [3.63, 3.8) is 0 Å². The van der Waals surface area contributed by atoms with E-state index in [-0.39, 0.29) is 11.5 Å². The third-order valence-electron chi connectivity index (χ3n) is 4.44. The summed E-state index contributed by atoms with van der Waals surface area (Å²) in [6.07, 6.45) is 11.0. The molecule has 0 radical (unpaired) electrons. The van der Waals surface area contributed by atoms with Crippen LogP contribution in [0.2, 0.25) is 0 Å². The van der Waals surface area contributed by atoms with Gasteiger partial charge < -0.3 is 0 Å². The van der Waals surface area contributed by atoms with E-state index in [1.165, 1.54) is 44.9 Å². The van der Waals surface area contributed by atoms with Crippen LogP contribution in [0.3, 0.4) is 0 Å². The van der Waals surface area contributed by atoms with Crippen molar-refractivity contribution in [1.29, 1.82) is 0 Å². The molecular weight excluding hydrogens is 320 g/mol. The maximum absolute atomic E-state index is 12.1. The summed E-state index contributed by atoms with van der Waals surface area (Å²) in [5, 5.41) is 0. The third kappa shape index (κ3) is 8.84. The highest BCUT2D eigenvalue weighted by Gasteiger charge is 2.14. The van der Waals surface area contributed by atoms with Gasteiger partial charge in [-0.25, -0.2) is 0 Å². The molecule has 1 aromatic rings. The Morgan fingerprint density at radius 2 is 1.50 bits per heavy atom. The molecule has 0 amide bonds. The largest absolute Gasteiger partial charge is 0.296 e. The van der Waals surface area contributed by atoms with Gasteiger partial charge in [0, 0.05) is 0 Å². The van der Waals surface area contributed by atoms with E-state index in [9.17, 15) is 8.42 Å². The summed E-state index contributed by atoms with van der Waals surface area (Å²) in [5.41, 5.74) is 1.04. The summed E-state index contributed by atoms with van der Waals surface area (Å²) < 4.78 is 29.3. The monoisotopic (exact) mass is 354 g/mol. The van der Waals surface area contributed by atoms with Gasteiger partial charge in [-0.2, -0.15) is 8.42 Å². The number of aryl methyl sites for hydroxylation is 1. The number of benzene rings is 1.